The molecule has 0 radical (unpaired) electrons. The Morgan fingerprint density at radius 3 is 2.78 bits per heavy atom. The van der Waals surface area contributed by atoms with E-state index in [0.29, 0.717) is 21.6 Å². The van der Waals surface area contributed by atoms with Gasteiger partial charge in [-0.2, -0.15) is 0 Å². The summed E-state index contributed by atoms with van der Waals surface area (Å²) in [5.41, 5.74) is 0.995. The molecule has 0 fully saturated rings. The van der Waals surface area contributed by atoms with Crippen LogP contribution in [0.1, 0.15) is 17.5 Å². The number of amides is 1. The molecule has 1 aromatic heterocycles. The van der Waals surface area contributed by atoms with Crippen molar-refractivity contribution in [3.8, 4) is 0 Å². The van der Waals surface area contributed by atoms with E-state index in [1.165, 1.54) is 18.3 Å². The molecule has 7 heteroatoms. The minimum Gasteiger partial charge on any atom is -0.301 e. The van der Waals surface area contributed by atoms with Gasteiger partial charge < -0.3 is 5.32 Å². The molecule has 0 aliphatic carbocycles. The summed E-state index contributed by atoms with van der Waals surface area (Å²) < 4.78 is 0. The van der Waals surface area contributed by atoms with E-state index >= 15 is 0 Å². The highest BCUT2D eigenvalue weighted by Crippen LogP contribution is 2.25. The van der Waals surface area contributed by atoms with Crippen LogP contribution in [0.2, 0.25) is 10.0 Å². The Labute approximate surface area is 118 Å². The smallest absolute Gasteiger partial charge is 0.223 e. The molecule has 1 aromatic carbocycles. The van der Waals surface area contributed by atoms with Crippen molar-refractivity contribution in [2.75, 3.05) is 5.32 Å². The number of carbonyl (C=O) groups is 1. The Morgan fingerprint density at radius 1 is 1.33 bits per heavy atom. The van der Waals surface area contributed by atoms with Crippen molar-refractivity contribution in [2.24, 2.45) is 0 Å². The number of anilines is 1. The van der Waals surface area contributed by atoms with Crippen molar-refractivity contribution in [3.05, 3.63) is 38.8 Å². The second-order valence-corrected chi connectivity index (χ2v) is 5.48. The molecule has 0 spiro atoms. The highest BCUT2D eigenvalue weighted by Gasteiger charge is 2.07. The van der Waals surface area contributed by atoms with Crippen LogP contribution in [0.15, 0.2) is 18.2 Å². The monoisotopic (exact) mass is 301 g/mol. The first-order valence-electron chi connectivity index (χ1n) is 5.08. The Balaban J connectivity index is 2.11. The first kappa shape index (κ1) is 13.3. The summed E-state index contributed by atoms with van der Waals surface area (Å²) in [7, 11) is 0. The van der Waals surface area contributed by atoms with Crippen molar-refractivity contribution in [1.29, 1.82) is 0 Å². The molecule has 4 nitrogen and oxygen atoms in total. The largest absolute Gasteiger partial charge is 0.301 e. The average Bonchev–Trinajstić information content (AvgIpc) is 2.70. The van der Waals surface area contributed by atoms with Crippen LogP contribution in [-0.2, 0) is 11.2 Å². The minimum atomic E-state index is -0.160. The Kier molecular flexibility index (Phi) is 4.16. The van der Waals surface area contributed by atoms with Crippen LogP contribution in [0.4, 0.5) is 5.13 Å². The lowest BCUT2D eigenvalue weighted by Gasteiger charge is -2.00. The number of rotatable bonds is 3. The highest BCUT2D eigenvalue weighted by atomic mass is 35.5. The van der Waals surface area contributed by atoms with E-state index < -0.39 is 0 Å². The fourth-order valence-corrected chi connectivity index (χ4v) is 2.49. The zero-order valence-electron chi connectivity index (χ0n) is 9.41. The van der Waals surface area contributed by atoms with E-state index in [9.17, 15) is 4.79 Å². The standard InChI is InChI=1S/C11H9Cl2N3OS/c1-6(17)14-11-16-15-10(18-11)5-7-2-3-8(12)9(13)4-7/h2-4H,5H2,1H3,(H,14,16,17). The van der Waals surface area contributed by atoms with Gasteiger partial charge in [-0.1, -0.05) is 40.6 Å². The maximum Gasteiger partial charge on any atom is 0.223 e. The molecule has 0 saturated heterocycles. The molecule has 1 heterocycles. The van der Waals surface area contributed by atoms with E-state index in [0.717, 1.165) is 10.6 Å². The molecule has 0 atom stereocenters. The van der Waals surface area contributed by atoms with Gasteiger partial charge in [-0.25, -0.2) is 0 Å². The molecule has 2 rings (SSSR count). The van der Waals surface area contributed by atoms with E-state index in [-0.39, 0.29) is 5.91 Å². The summed E-state index contributed by atoms with van der Waals surface area (Å²) >= 11 is 13.1. The van der Waals surface area contributed by atoms with Crippen molar-refractivity contribution in [3.63, 3.8) is 0 Å². The topological polar surface area (TPSA) is 54.9 Å². The molecule has 1 N–H and O–H groups in total. The second-order valence-electron chi connectivity index (χ2n) is 3.61. The minimum absolute atomic E-state index is 0.160. The van der Waals surface area contributed by atoms with Gasteiger partial charge in [0.1, 0.15) is 5.01 Å². The van der Waals surface area contributed by atoms with Crippen LogP contribution < -0.4 is 5.32 Å². The van der Waals surface area contributed by atoms with Gasteiger partial charge in [-0.3, -0.25) is 4.79 Å². The van der Waals surface area contributed by atoms with Crippen molar-refractivity contribution < 1.29 is 4.79 Å². The first-order chi connectivity index (χ1) is 8.54. The maximum absolute atomic E-state index is 10.9. The predicted octanol–water partition coefficient (Wildman–Crippen LogP) is 3.39. The summed E-state index contributed by atoms with van der Waals surface area (Å²) in [5, 5.41) is 12.8. The second kappa shape index (κ2) is 5.65. The predicted molar refractivity (Wildman–Crippen MR) is 73.5 cm³/mol. The summed E-state index contributed by atoms with van der Waals surface area (Å²) in [6.45, 7) is 1.43. The van der Waals surface area contributed by atoms with Gasteiger partial charge >= 0.3 is 0 Å². The molecule has 0 aliphatic rings. The summed E-state index contributed by atoms with van der Waals surface area (Å²) in [6.07, 6.45) is 0.605. The van der Waals surface area contributed by atoms with Crippen LogP contribution in [0.3, 0.4) is 0 Å². The zero-order valence-corrected chi connectivity index (χ0v) is 11.7. The van der Waals surface area contributed by atoms with Gasteiger partial charge in [0.25, 0.3) is 0 Å². The van der Waals surface area contributed by atoms with Crippen molar-refractivity contribution >= 4 is 45.6 Å². The number of carbonyl (C=O) groups excluding carboxylic acids is 1. The number of nitrogens with zero attached hydrogens (tertiary/aromatic N) is 2. The molecule has 0 saturated carbocycles. The molecule has 0 bridgehead atoms. The van der Waals surface area contributed by atoms with Gasteiger partial charge in [0, 0.05) is 13.3 Å². The third kappa shape index (κ3) is 3.41. The lowest BCUT2D eigenvalue weighted by Crippen LogP contribution is -2.04. The molecule has 18 heavy (non-hydrogen) atoms. The first-order valence-corrected chi connectivity index (χ1v) is 6.66. The summed E-state index contributed by atoms with van der Waals surface area (Å²) in [4.78, 5) is 10.9. The van der Waals surface area contributed by atoms with Gasteiger partial charge in [0.15, 0.2) is 0 Å². The quantitative estimate of drug-likeness (QED) is 0.945. The summed E-state index contributed by atoms with van der Waals surface area (Å²) in [6, 6.07) is 5.42. The lowest BCUT2D eigenvalue weighted by atomic mass is 10.2. The molecule has 1 amide bonds. The lowest BCUT2D eigenvalue weighted by molar-refractivity contribution is -0.114. The van der Waals surface area contributed by atoms with Crippen LogP contribution in [-0.4, -0.2) is 16.1 Å². The van der Waals surface area contributed by atoms with Gasteiger partial charge in [-0.15, -0.1) is 10.2 Å². The normalized spacial score (nSPS) is 10.4. The molecule has 0 aliphatic heterocycles. The number of nitrogens with one attached hydrogen (secondary N) is 1. The number of aromatic nitrogens is 2. The Hall–Kier alpha value is -1.17. The van der Waals surface area contributed by atoms with Crippen molar-refractivity contribution in [2.45, 2.75) is 13.3 Å². The average molecular weight is 302 g/mol. The van der Waals surface area contributed by atoms with E-state index in [4.69, 9.17) is 23.2 Å². The fourth-order valence-electron chi connectivity index (χ4n) is 1.35. The molecular formula is C11H9Cl2N3OS. The van der Waals surface area contributed by atoms with Gasteiger partial charge in [0.2, 0.25) is 11.0 Å². The van der Waals surface area contributed by atoms with Crippen LogP contribution in [0, 0.1) is 0 Å². The van der Waals surface area contributed by atoms with Gasteiger partial charge in [-0.05, 0) is 17.7 Å². The highest BCUT2D eigenvalue weighted by molar-refractivity contribution is 7.15. The van der Waals surface area contributed by atoms with Crippen LogP contribution in [0.25, 0.3) is 0 Å². The van der Waals surface area contributed by atoms with Crippen LogP contribution in [0.5, 0.6) is 0 Å². The third-order valence-corrected chi connectivity index (χ3v) is 3.67. The van der Waals surface area contributed by atoms with E-state index in [1.807, 2.05) is 6.07 Å². The summed E-state index contributed by atoms with van der Waals surface area (Å²) in [5.74, 6) is -0.160. The fraction of sp³-hybridized carbons (Fsp3) is 0.182. The Morgan fingerprint density at radius 2 is 2.11 bits per heavy atom. The molecular weight excluding hydrogens is 293 g/mol. The number of benzene rings is 1. The molecule has 0 unspecified atom stereocenters. The molecule has 94 valence electrons. The van der Waals surface area contributed by atoms with Crippen molar-refractivity contribution in [1.82, 2.24) is 10.2 Å². The number of hydrogen-bond donors (Lipinski definition) is 1. The number of halogens is 2. The maximum atomic E-state index is 10.9. The van der Waals surface area contributed by atoms with E-state index in [1.54, 1.807) is 12.1 Å². The van der Waals surface area contributed by atoms with Crippen LogP contribution >= 0.6 is 34.5 Å². The zero-order chi connectivity index (χ0) is 13.1. The SMILES string of the molecule is CC(=O)Nc1nnc(Cc2ccc(Cl)c(Cl)c2)s1. The number of hydrogen-bond acceptors (Lipinski definition) is 4. The van der Waals surface area contributed by atoms with Gasteiger partial charge in [0.05, 0.1) is 10.0 Å². The molecule has 2 aromatic rings. The Bertz CT molecular complexity index is 585. The van der Waals surface area contributed by atoms with E-state index in [2.05, 4.69) is 15.5 Å². The third-order valence-electron chi connectivity index (χ3n) is 2.09.